The molecule has 6 heavy (non-hydrogen) atoms. The average molecular weight is 85.1 g/mol. The predicted molar refractivity (Wildman–Crippen MR) is 25.7 cm³/mol. The highest BCUT2D eigenvalue weighted by atomic mass is 14.7. The van der Waals surface area contributed by atoms with Crippen LogP contribution < -0.4 is 5.73 Å². The molecule has 0 saturated heterocycles. The molecule has 1 radical (unpaired) electrons. The molecule has 0 aliphatic carbocycles. The van der Waals surface area contributed by atoms with E-state index in [0.29, 0.717) is 6.42 Å². The SMILES string of the molecule is CCCC([NH])=N. The molecule has 2 nitrogen and oxygen atoms in total. The number of rotatable bonds is 2. The van der Waals surface area contributed by atoms with E-state index in [1.165, 1.54) is 0 Å². The van der Waals surface area contributed by atoms with Crippen LogP contribution in [0, 0.1) is 5.41 Å². The molecule has 35 valence electrons. The van der Waals surface area contributed by atoms with Gasteiger partial charge in [-0.05, 0) is 6.42 Å². The summed E-state index contributed by atoms with van der Waals surface area (Å²) in [6.45, 7) is 1.96. The van der Waals surface area contributed by atoms with Crippen molar-refractivity contribution in [1.82, 2.24) is 5.73 Å². The Morgan fingerprint density at radius 2 is 2.17 bits per heavy atom. The zero-order valence-electron chi connectivity index (χ0n) is 3.91. The van der Waals surface area contributed by atoms with Crippen LogP contribution >= 0.6 is 0 Å². The summed E-state index contributed by atoms with van der Waals surface area (Å²) in [7, 11) is 0. The van der Waals surface area contributed by atoms with Crippen LogP contribution in [0.4, 0.5) is 0 Å². The third kappa shape index (κ3) is 3.47. The fourth-order valence-corrected chi connectivity index (χ4v) is 0.250. The maximum Gasteiger partial charge on any atom is 0.112 e. The van der Waals surface area contributed by atoms with Gasteiger partial charge in [0.2, 0.25) is 0 Å². The van der Waals surface area contributed by atoms with Crippen molar-refractivity contribution in [3.8, 4) is 0 Å². The molecule has 0 amide bonds. The molecule has 0 heterocycles. The molecule has 0 aromatic carbocycles. The zero-order valence-corrected chi connectivity index (χ0v) is 3.91. The first-order valence-electron chi connectivity index (χ1n) is 2.06. The van der Waals surface area contributed by atoms with E-state index in [-0.39, 0.29) is 5.84 Å². The van der Waals surface area contributed by atoms with Gasteiger partial charge >= 0.3 is 0 Å². The molecular weight excluding hydrogens is 76.1 g/mol. The Bertz CT molecular complexity index is 49.5. The highest BCUT2D eigenvalue weighted by Crippen LogP contribution is 1.81. The first-order valence-corrected chi connectivity index (χ1v) is 2.06. The lowest BCUT2D eigenvalue weighted by Gasteiger charge is -1.83. The molecule has 0 spiro atoms. The van der Waals surface area contributed by atoms with Gasteiger partial charge in [0.25, 0.3) is 0 Å². The third-order valence-electron chi connectivity index (χ3n) is 0.500. The molecule has 0 fully saturated rings. The predicted octanol–water partition coefficient (Wildman–Crippen LogP) is 1.05. The van der Waals surface area contributed by atoms with Crippen molar-refractivity contribution in [1.29, 1.82) is 5.41 Å². The smallest absolute Gasteiger partial charge is 0.112 e. The van der Waals surface area contributed by atoms with Crippen LogP contribution in [0.2, 0.25) is 0 Å². The van der Waals surface area contributed by atoms with Crippen LogP contribution in [-0.4, -0.2) is 5.84 Å². The first kappa shape index (κ1) is 5.47. The van der Waals surface area contributed by atoms with Gasteiger partial charge < -0.3 is 0 Å². The minimum absolute atomic E-state index is 0.0394. The van der Waals surface area contributed by atoms with Crippen molar-refractivity contribution in [3.05, 3.63) is 0 Å². The fourth-order valence-electron chi connectivity index (χ4n) is 0.250. The van der Waals surface area contributed by atoms with Gasteiger partial charge in [-0.1, -0.05) is 6.92 Å². The maximum atomic E-state index is 6.56. The minimum Gasteiger partial charge on any atom is -0.287 e. The summed E-state index contributed by atoms with van der Waals surface area (Å²) in [4.78, 5) is 0. The second-order valence-corrected chi connectivity index (χ2v) is 1.23. The molecule has 0 aromatic heterocycles. The summed E-state index contributed by atoms with van der Waals surface area (Å²) in [6, 6.07) is 0. The van der Waals surface area contributed by atoms with Crippen LogP contribution in [0.15, 0.2) is 0 Å². The molecule has 0 bridgehead atoms. The molecule has 0 atom stereocenters. The normalized spacial score (nSPS) is 8.17. The van der Waals surface area contributed by atoms with Crippen molar-refractivity contribution in [2.45, 2.75) is 19.8 Å². The molecule has 0 saturated carbocycles. The maximum absolute atomic E-state index is 6.56. The summed E-state index contributed by atoms with van der Waals surface area (Å²) < 4.78 is 0. The van der Waals surface area contributed by atoms with Gasteiger partial charge in [0.1, 0.15) is 5.84 Å². The van der Waals surface area contributed by atoms with E-state index < -0.39 is 0 Å². The van der Waals surface area contributed by atoms with E-state index in [2.05, 4.69) is 0 Å². The third-order valence-corrected chi connectivity index (χ3v) is 0.500. The number of hydrogen-bond donors (Lipinski definition) is 1. The number of hydrogen-bond acceptors (Lipinski definition) is 1. The van der Waals surface area contributed by atoms with Crippen molar-refractivity contribution in [3.63, 3.8) is 0 Å². The quantitative estimate of drug-likeness (QED) is 0.385. The Morgan fingerprint density at radius 1 is 1.67 bits per heavy atom. The van der Waals surface area contributed by atoms with E-state index in [4.69, 9.17) is 11.1 Å². The van der Waals surface area contributed by atoms with E-state index in [1.807, 2.05) is 6.92 Å². The number of nitrogens with one attached hydrogen (secondary N) is 2. The van der Waals surface area contributed by atoms with Crippen molar-refractivity contribution in [2.75, 3.05) is 0 Å². The first-order chi connectivity index (χ1) is 2.77. The lowest BCUT2D eigenvalue weighted by molar-refractivity contribution is 0.972. The van der Waals surface area contributed by atoms with E-state index in [0.717, 1.165) is 6.42 Å². The van der Waals surface area contributed by atoms with E-state index >= 15 is 0 Å². The summed E-state index contributed by atoms with van der Waals surface area (Å²) in [5.74, 6) is 0.0394. The second-order valence-electron chi connectivity index (χ2n) is 1.23. The zero-order chi connectivity index (χ0) is 4.99. The van der Waals surface area contributed by atoms with Crippen molar-refractivity contribution >= 4 is 5.84 Å². The molecule has 0 aromatic rings. The minimum atomic E-state index is 0.0394. The van der Waals surface area contributed by atoms with Crippen LogP contribution in [0.5, 0.6) is 0 Å². The molecule has 2 N–H and O–H groups in total. The fraction of sp³-hybridized carbons (Fsp3) is 0.750. The molecule has 2 heteroatoms. The molecular formula is C4H9N2. The Labute approximate surface area is 37.9 Å². The topological polar surface area (TPSA) is 47.7 Å². The highest BCUT2D eigenvalue weighted by Gasteiger charge is 1.80. The Morgan fingerprint density at radius 3 is 2.17 bits per heavy atom. The molecule has 0 aliphatic rings. The molecule has 0 rings (SSSR count). The van der Waals surface area contributed by atoms with Crippen LogP contribution in [0.1, 0.15) is 19.8 Å². The van der Waals surface area contributed by atoms with Crippen LogP contribution in [0.25, 0.3) is 0 Å². The lowest BCUT2D eigenvalue weighted by Crippen LogP contribution is -1.92. The largest absolute Gasteiger partial charge is 0.287 e. The van der Waals surface area contributed by atoms with Gasteiger partial charge in [-0.25, -0.2) is 0 Å². The van der Waals surface area contributed by atoms with Crippen LogP contribution in [-0.2, 0) is 0 Å². The average Bonchev–Trinajstić information content (AvgIpc) is 1.35. The van der Waals surface area contributed by atoms with E-state index in [1.54, 1.807) is 0 Å². The summed E-state index contributed by atoms with van der Waals surface area (Å²) in [6.07, 6.45) is 1.54. The van der Waals surface area contributed by atoms with Gasteiger partial charge in [0.05, 0.1) is 0 Å². The summed E-state index contributed by atoms with van der Waals surface area (Å²) in [5.41, 5.74) is 6.56. The monoisotopic (exact) mass is 85.1 g/mol. The van der Waals surface area contributed by atoms with Crippen LogP contribution in [0.3, 0.4) is 0 Å². The standard InChI is InChI=1S/C4H9N2/c1-2-3-4(5)6/h5-6H,2-3H2,1H3. The number of amidine groups is 1. The van der Waals surface area contributed by atoms with E-state index in [9.17, 15) is 0 Å². The van der Waals surface area contributed by atoms with Crippen molar-refractivity contribution in [2.24, 2.45) is 0 Å². The Hall–Kier alpha value is -0.530. The lowest BCUT2D eigenvalue weighted by atomic mass is 10.3. The van der Waals surface area contributed by atoms with Gasteiger partial charge in [-0.2, -0.15) is 0 Å². The Balaban J connectivity index is 2.83. The molecule has 0 unspecified atom stereocenters. The van der Waals surface area contributed by atoms with Crippen molar-refractivity contribution < 1.29 is 0 Å². The summed E-state index contributed by atoms with van der Waals surface area (Å²) >= 11 is 0. The Kier molecular flexibility index (Phi) is 2.46. The highest BCUT2D eigenvalue weighted by molar-refractivity contribution is 5.75. The van der Waals surface area contributed by atoms with Gasteiger partial charge in [-0.3, -0.25) is 11.1 Å². The molecule has 0 aliphatic heterocycles. The second kappa shape index (κ2) is 2.69. The van der Waals surface area contributed by atoms with Gasteiger partial charge in [0.15, 0.2) is 0 Å². The van der Waals surface area contributed by atoms with Gasteiger partial charge in [0, 0.05) is 6.42 Å². The summed E-state index contributed by atoms with van der Waals surface area (Å²) in [5, 5.41) is 6.56. The van der Waals surface area contributed by atoms with Gasteiger partial charge in [-0.15, -0.1) is 0 Å².